The molecule has 0 unspecified atom stereocenters. The monoisotopic (exact) mass is 436 g/mol. The third-order valence-electron chi connectivity index (χ3n) is 3.27. The van der Waals surface area contributed by atoms with E-state index in [1.807, 2.05) is 0 Å². The van der Waals surface area contributed by atoms with E-state index in [9.17, 15) is 26.4 Å². The summed E-state index contributed by atoms with van der Waals surface area (Å²) < 4.78 is 62.4. The Morgan fingerprint density at radius 1 is 1.20 bits per heavy atom. The second-order valence-electron chi connectivity index (χ2n) is 5.06. The number of pyridine rings is 1. The number of alkyl halides is 3. The van der Waals surface area contributed by atoms with Gasteiger partial charge in [-0.1, -0.05) is 34.1 Å². The molecule has 25 heavy (non-hydrogen) atoms. The zero-order valence-corrected chi connectivity index (χ0v) is 15.2. The molecule has 0 spiro atoms. The maximum Gasteiger partial charge on any atom is 0.503 e. The van der Waals surface area contributed by atoms with Gasteiger partial charge in [0.25, 0.3) is 15.7 Å². The lowest BCUT2D eigenvalue weighted by atomic mass is 10.2. The van der Waals surface area contributed by atoms with Crippen molar-refractivity contribution in [1.82, 2.24) is 9.88 Å². The van der Waals surface area contributed by atoms with Crippen molar-refractivity contribution < 1.29 is 26.4 Å². The number of sulfone groups is 1. The predicted octanol–water partition coefficient (Wildman–Crippen LogP) is 3.41. The number of hydrogen-bond donors (Lipinski definition) is 0. The number of carbonyl (C=O) groups excluding carboxylic acids is 1. The molecule has 5 nitrogen and oxygen atoms in total. The minimum absolute atomic E-state index is 0.0701. The first kappa shape index (κ1) is 19.4. The van der Waals surface area contributed by atoms with Crippen LogP contribution in [0, 0.1) is 0 Å². The molecule has 2 aromatic rings. The highest BCUT2D eigenvalue weighted by atomic mass is 79.9. The van der Waals surface area contributed by atoms with E-state index < -0.39 is 31.8 Å². The highest BCUT2D eigenvalue weighted by Gasteiger charge is 2.49. The van der Waals surface area contributed by atoms with Gasteiger partial charge >= 0.3 is 5.51 Å². The third-order valence-corrected chi connectivity index (χ3v) is 5.49. The first-order valence-electron chi connectivity index (χ1n) is 6.81. The molecular formula is C15H12BrF3N2O3S. The average molecular weight is 437 g/mol. The summed E-state index contributed by atoms with van der Waals surface area (Å²) in [6.07, 6.45) is 0.892. The van der Waals surface area contributed by atoms with Gasteiger partial charge in [0.05, 0.1) is 5.56 Å². The molecule has 0 aliphatic rings. The molecule has 10 heteroatoms. The van der Waals surface area contributed by atoms with Gasteiger partial charge in [0.15, 0.2) is 5.03 Å². The molecule has 2 rings (SSSR count). The molecule has 0 saturated carbocycles. The maximum absolute atomic E-state index is 12.8. The first-order valence-corrected chi connectivity index (χ1v) is 9.08. The number of halogens is 4. The van der Waals surface area contributed by atoms with E-state index in [1.54, 1.807) is 24.3 Å². The minimum Gasteiger partial charge on any atom is -0.337 e. The summed E-state index contributed by atoms with van der Waals surface area (Å²) in [5.41, 5.74) is -5.46. The van der Waals surface area contributed by atoms with Gasteiger partial charge in [0.1, 0.15) is 0 Å². The Morgan fingerprint density at radius 3 is 2.44 bits per heavy atom. The Labute approximate surface area is 150 Å². The second kappa shape index (κ2) is 7.12. The van der Waals surface area contributed by atoms with E-state index in [1.165, 1.54) is 13.1 Å². The van der Waals surface area contributed by atoms with E-state index in [2.05, 4.69) is 20.9 Å². The number of benzene rings is 1. The molecule has 134 valence electrons. The van der Waals surface area contributed by atoms with Crippen LogP contribution in [0.2, 0.25) is 0 Å². The van der Waals surface area contributed by atoms with E-state index in [0.29, 0.717) is 10.0 Å². The maximum atomic E-state index is 12.8. The molecule has 1 amide bonds. The van der Waals surface area contributed by atoms with Crippen molar-refractivity contribution in [2.75, 3.05) is 7.05 Å². The van der Waals surface area contributed by atoms with Crippen LogP contribution in [0.25, 0.3) is 0 Å². The molecule has 0 fully saturated rings. The van der Waals surface area contributed by atoms with Crippen LogP contribution in [0.3, 0.4) is 0 Å². The highest BCUT2D eigenvalue weighted by molar-refractivity contribution is 9.10. The molecule has 1 heterocycles. The zero-order valence-electron chi connectivity index (χ0n) is 12.8. The topological polar surface area (TPSA) is 67.3 Å². The van der Waals surface area contributed by atoms with E-state index in [0.717, 1.165) is 17.2 Å². The van der Waals surface area contributed by atoms with Crippen LogP contribution in [-0.2, 0) is 16.4 Å². The summed E-state index contributed by atoms with van der Waals surface area (Å²) in [5, 5.41) is -1.30. The van der Waals surface area contributed by atoms with Gasteiger partial charge in [0.2, 0.25) is 0 Å². The van der Waals surface area contributed by atoms with Crippen molar-refractivity contribution in [3.05, 3.63) is 58.2 Å². The number of rotatable bonds is 4. The fourth-order valence-corrected chi connectivity index (χ4v) is 3.31. The molecule has 0 aliphatic carbocycles. The largest absolute Gasteiger partial charge is 0.503 e. The summed E-state index contributed by atoms with van der Waals surface area (Å²) in [7, 11) is -4.37. The fourth-order valence-electron chi connectivity index (χ4n) is 2.04. The standard InChI is InChI=1S/C15H12BrF3N2O3S/c1-21(9-10-5-2-3-7-12(10)16)14(22)11-6-4-8-20-13(11)25(23,24)15(17,18)19/h2-8H,9H2,1H3. The number of hydrogen-bond acceptors (Lipinski definition) is 4. The predicted molar refractivity (Wildman–Crippen MR) is 87.4 cm³/mol. The Kier molecular flexibility index (Phi) is 5.52. The quantitative estimate of drug-likeness (QED) is 0.736. The minimum atomic E-state index is -5.73. The van der Waals surface area contributed by atoms with Gasteiger partial charge in [-0.15, -0.1) is 0 Å². The lowest BCUT2D eigenvalue weighted by Gasteiger charge is -2.19. The van der Waals surface area contributed by atoms with Gasteiger partial charge in [-0.2, -0.15) is 13.2 Å². The normalized spacial score (nSPS) is 12.0. The van der Waals surface area contributed by atoms with Gasteiger partial charge in [-0.3, -0.25) is 4.79 Å². The van der Waals surface area contributed by atoms with Crippen molar-refractivity contribution >= 4 is 31.7 Å². The molecule has 0 N–H and O–H groups in total. The molecular weight excluding hydrogens is 425 g/mol. The van der Waals surface area contributed by atoms with Crippen LogP contribution in [0.1, 0.15) is 15.9 Å². The highest BCUT2D eigenvalue weighted by Crippen LogP contribution is 2.31. The number of aromatic nitrogens is 1. The molecule has 0 saturated heterocycles. The number of carbonyl (C=O) groups is 1. The van der Waals surface area contributed by atoms with E-state index in [4.69, 9.17) is 0 Å². The van der Waals surface area contributed by atoms with Crippen LogP contribution < -0.4 is 0 Å². The van der Waals surface area contributed by atoms with Gasteiger partial charge in [-0.25, -0.2) is 13.4 Å². The van der Waals surface area contributed by atoms with Crippen LogP contribution in [0.4, 0.5) is 13.2 Å². The second-order valence-corrected chi connectivity index (χ2v) is 7.77. The van der Waals surface area contributed by atoms with Crippen LogP contribution in [-0.4, -0.2) is 36.8 Å². The van der Waals surface area contributed by atoms with E-state index >= 15 is 0 Å². The van der Waals surface area contributed by atoms with E-state index in [-0.39, 0.29) is 6.54 Å². The lowest BCUT2D eigenvalue weighted by molar-refractivity contribution is -0.0438. The molecule has 0 aliphatic heterocycles. The summed E-state index contributed by atoms with van der Waals surface area (Å²) in [6.45, 7) is 0.0701. The van der Waals surface area contributed by atoms with Gasteiger partial charge < -0.3 is 4.90 Å². The Balaban J connectivity index is 2.39. The summed E-state index contributed by atoms with van der Waals surface area (Å²) in [4.78, 5) is 16.9. The summed E-state index contributed by atoms with van der Waals surface area (Å²) >= 11 is 3.31. The van der Waals surface area contributed by atoms with Crippen molar-refractivity contribution in [3.63, 3.8) is 0 Å². The van der Waals surface area contributed by atoms with Crippen LogP contribution in [0.5, 0.6) is 0 Å². The lowest BCUT2D eigenvalue weighted by Crippen LogP contribution is -2.31. The fraction of sp³-hybridized carbons (Fsp3) is 0.200. The third kappa shape index (κ3) is 4.01. The smallest absolute Gasteiger partial charge is 0.337 e. The summed E-state index contributed by atoms with van der Waals surface area (Å²) in [5.74, 6) is -0.883. The average Bonchev–Trinajstić information content (AvgIpc) is 2.55. The Hall–Kier alpha value is -1.94. The molecule has 0 bridgehead atoms. The number of amides is 1. The van der Waals surface area contributed by atoms with Gasteiger partial charge in [0, 0.05) is 24.3 Å². The Morgan fingerprint density at radius 2 is 1.84 bits per heavy atom. The molecule has 0 atom stereocenters. The van der Waals surface area contributed by atoms with Crippen molar-refractivity contribution in [3.8, 4) is 0 Å². The first-order chi connectivity index (χ1) is 11.6. The molecule has 1 aromatic carbocycles. The van der Waals surface area contributed by atoms with Gasteiger partial charge in [-0.05, 0) is 23.8 Å². The van der Waals surface area contributed by atoms with Crippen LogP contribution >= 0.6 is 15.9 Å². The molecule has 0 radical (unpaired) electrons. The SMILES string of the molecule is CN(Cc1ccccc1Br)C(=O)c1cccnc1S(=O)(=O)C(F)(F)F. The van der Waals surface area contributed by atoms with Crippen molar-refractivity contribution in [2.24, 2.45) is 0 Å². The van der Waals surface area contributed by atoms with Crippen LogP contribution in [0.15, 0.2) is 52.1 Å². The zero-order chi connectivity index (χ0) is 18.8. The van der Waals surface area contributed by atoms with Crippen molar-refractivity contribution in [1.29, 1.82) is 0 Å². The van der Waals surface area contributed by atoms with Crippen molar-refractivity contribution in [2.45, 2.75) is 17.1 Å². The Bertz CT molecular complexity index is 901. The summed E-state index contributed by atoms with van der Waals surface area (Å²) in [6, 6.07) is 9.19. The molecule has 1 aromatic heterocycles. The number of nitrogens with zero attached hydrogens (tertiary/aromatic N) is 2.